The fraction of sp³-hybridized carbons (Fsp3) is 0.207. The molecule has 4 aromatic rings. The third-order valence-electron chi connectivity index (χ3n) is 5.84. The van der Waals surface area contributed by atoms with Gasteiger partial charge < -0.3 is 4.74 Å². The van der Waals surface area contributed by atoms with Crippen molar-refractivity contribution in [2.45, 2.75) is 40.0 Å². The van der Waals surface area contributed by atoms with Crippen LogP contribution >= 0.6 is 0 Å². The average Bonchev–Trinajstić information content (AvgIpc) is 2.83. The Bertz CT molecular complexity index is 1170. The lowest BCUT2D eigenvalue weighted by atomic mass is 9.94. The number of benzene rings is 3. The van der Waals surface area contributed by atoms with Crippen LogP contribution in [0.25, 0.3) is 0 Å². The highest BCUT2D eigenvalue weighted by molar-refractivity contribution is 5.38. The van der Waals surface area contributed by atoms with Gasteiger partial charge in [0.2, 0.25) is 0 Å². The van der Waals surface area contributed by atoms with Crippen molar-refractivity contribution in [3.05, 3.63) is 130 Å². The molecule has 0 aliphatic carbocycles. The molecule has 3 aromatic carbocycles. The summed E-state index contributed by atoms with van der Waals surface area (Å²) >= 11 is 0. The predicted molar refractivity (Wildman–Crippen MR) is 134 cm³/mol. The number of nitrogens with zero attached hydrogens (tertiary/aromatic N) is 1. The highest BCUT2D eigenvalue weighted by Crippen LogP contribution is 2.25. The molecule has 0 amide bonds. The van der Waals surface area contributed by atoms with Gasteiger partial charge in [-0.3, -0.25) is 10.4 Å². The minimum atomic E-state index is 0.0668. The predicted octanol–water partition coefficient (Wildman–Crippen LogP) is 5.97. The normalized spacial score (nSPS) is 11.8. The molecule has 1 heterocycles. The van der Waals surface area contributed by atoms with Gasteiger partial charge >= 0.3 is 0 Å². The average molecular weight is 438 g/mol. The molecule has 1 atom stereocenters. The molecule has 33 heavy (non-hydrogen) atoms. The Morgan fingerprint density at radius 3 is 2.36 bits per heavy atom. The molecule has 0 radical (unpaired) electrons. The van der Waals surface area contributed by atoms with E-state index < -0.39 is 0 Å². The minimum Gasteiger partial charge on any atom is -0.489 e. The molecule has 0 bridgehead atoms. The SMILES string of the molecule is Cc1ccc(C(NNCc2ccc(OCc3cccnc3C)cc2)c2ccccc2)c(C)c1. The van der Waals surface area contributed by atoms with E-state index in [1.165, 1.54) is 27.8 Å². The third-order valence-corrected chi connectivity index (χ3v) is 5.84. The Kier molecular flexibility index (Phi) is 7.51. The second-order valence-electron chi connectivity index (χ2n) is 8.38. The van der Waals surface area contributed by atoms with Gasteiger partial charge in [-0.2, -0.15) is 0 Å². The van der Waals surface area contributed by atoms with Crippen molar-refractivity contribution in [2.24, 2.45) is 0 Å². The maximum absolute atomic E-state index is 5.93. The molecule has 4 rings (SSSR count). The van der Waals surface area contributed by atoms with Crippen molar-refractivity contribution in [3.63, 3.8) is 0 Å². The number of aromatic nitrogens is 1. The van der Waals surface area contributed by atoms with E-state index in [1.807, 2.05) is 31.2 Å². The lowest BCUT2D eigenvalue weighted by molar-refractivity contribution is 0.304. The summed E-state index contributed by atoms with van der Waals surface area (Å²) < 4.78 is 5.93. The zero-order valence-electron chi connectivity index (χ0n) is 19.5. The van der Waals surface area contributed by atoms with Gasteiger partial charge in [0.15, 0.2) is 0 Å². The number of pyridine rings is 1. The van der Waals surface area contributed by atoms with Crippen LogP contribution in [-0.4, -0.2) is 4.98 Å². The first-order chi connectivity index (χ1) is 16.1. The van der Waals surface area contributed by atoms with Crippen LogP contribution in [0.3, 0.4) is 0 Å². The highest BCUT2D eigenvalue weighted by Gasteiger charge is 2.15. The Balaban J connectivity index is 1.37. The summed E-state index contributed by atoms with van der Waals surface area (Å²) in [5.74, 6) is 0.854. The maximum Gasteiger partial charge on any atom is 0.119 e. The summed E-state index contributed by atoms with van der Waals surface area (Å²) in [7, 11) is 0. The summed E-state index contributed by atoms with van der Waals surface area (Å²) in [6, 6.07) is 29.4. The number of hydrogen-bond acceptors (Lipinski definition) is 4. The Morgan fingerprint density at radius 1 is 0.848 bits per heavy atom. The first kappa shape index (κ1) is 22.7. The van der Waals surface area contributed by atoms with Crippen LogP contribution in [0.15, 0.2) is 91.1 Å². The van der Waals surface area contributed by atoms with Crippen LogP contribution in [0.5, 0.6) is 5.75 Å². The zero-order valence-corrected chi connectivity index (χ0v) is 19.5. The second-order valence-corrected chi connectivity index (χ2v) is 8.38. The molecule has 0 spiro atoms. The van der Waals surface area contributed by atoms with Gasteiger partial charge in [-0.1, -0.05) is 72.3 Å². The monoisotopic (exact) mass is 437 g/mol. The van der Waals surface area contributed by atoms with E-state index in [4.69, 9.17) is 4.74 Å². The lowest BCUT2D eigenvalue weighted by Gasteiger charge is -2.22. The van der Waals surface area contributed by atoms with E-state index in [0.717, 1.165) is 17.0 Å². The smallest absolute Gasteiger partial charge is 0.119 e. The van der Waals surface area contributed by atoms with Crippen LogP contribution in [0.1, 0.15) is 45.1 Å². The molecule has 4 heteroatoms. The van der Waals surface area contributed by atoms with Gasteiger partial charge in [0.25, 0.3) is 0 Å². The van der Waals surface area contributed by atoms with Crippen LogP contribution in [0.4, 0.5) is 0 Å². The number of nitrogens with one attached hydrogen (secondary N) is 2. The minimum absolute atomic E-state index is 0.0668. The van der Waals surface area contributed by atoms with E-state index in [-0.39, 0.29) is 6.04 Å². The first-order valence-electron chi connectivity index (χ1n) is 11.3. The van der Waals surface area contributed by atoms with Gasteiger partial charge in [-0.15, -0.1) is 0 Å². The molecule has 168 valence electrons. The number of hydrazine groups is 1. The summed E-state index contributed by atoms with van der Waals surface area (Å²) in [4.78, 5) is 4.31. The molecule has 1 unspecified atom stereocenters. The van der Waals surface area contributed by atoms with Gasteiger partial charge in [0, 0.05) is 24.0 Å². The molecular weight excluding hydrogens is 406 g/mol. The van der Waals surface area contributed by atoms with E-state index in [1.54, 1.807) is 6.20 Å². The van der Waals surface area contributed by atoms with Gasteiger partial charge in [0.1, 0.15) is 12.4 Å². The molecule has 0 saturated carbocycles. The Hall–Kier alpha value is -3.47. The van der Waals surface area contributed by atoms with Crippen molar-refractivity contribution in [2.75, 3.05) is 0 Å². The van der Waals surface area contributed by atoms with Crippen LogP contribution < -0.4 is 15.6 Å². The fourth-order valence-electron chi connectivity index (χ4n) is 3.93. The third kappa shape index (κ3) is 6.07. The standard InChI is InChI=1S/C29H31N3O/c1-21-11-16-28(22(2)18-21)29(25-8-5-4-6-9-25)32-31-19-24-12-14-27(15-13-24)33-20-26-10-7-17-30-23(26)3/h4-18,29,31-32H,19-20H2,1-3H3. The summed E-state index contributed by atoms with van der Waals surface area (Å²) in [6.07, 6.45) is 1.80. The summed E-state index contributed by atoms with van der Waals surface area (Å²) in [6.45, 7) is 7.53. The van der Waals surface area contributed by atoms with Crippen molar-refractivity contribution >= 4 is 0 Å². The van der Waals surface area contributed by atoms with Gasteiger partial charge in [-0.25, -0.2) is 5.43 Å². The fourth-order valence-corrected chi connectivity index (χ4v) is 3.93. The van der Waals surface area contributed by atoms with Gasteiger partial charge in [0.05, 0.1) is 6.04 Å². The van der Waals surface area contributed by atoms with Crippen LogP contribution in [0, 0.1) is 20.8 Å². The molecule has 2 N–H and O–H groups in total. The topological polar surface area (TPSA) is 46.2 Å². The van der Waals surface area contributed by atoms with E-state index in [9.17, 15) is 0 Å². The second kappa shape index (κ2) is 10.9. The molecular formula is C29H31N3O. The largest absolute Gasteiger partial charge is 0.489 e. The first-order valence-corrected chi connectivity index (χ1v) is 11.3. The molecule has 0 saturated heterocycles. The maximum atomic E-state index is 5.93. The lowest BCUT2D eigenvalue weighted by Crippen LogP contribution is -2.35. The number of aryl methyl sites for hydroxylation is 3. The van der Waals surface area contributed by atoms with Crippen molar-refractivity contribution in [1.82, 2.24) is 15.8 Å². The summed E-state index contributed by atoms with van der Waals surface area (Å²) in [5, 5.41) is 0. The number of rotatable bonds is 9. The molecule has 0 aliphatic heterocycles. The number of ether oxygens (including phenoxy) is 1. The molecule has 1 aromatic heterocycles. The van der Waals surface area contributed by atoms with Crippen LogP contribution in [0.2, 0.25) is 0 Å². The molecule has 0 fully saturated rings. The highest BCUT2D eigenvalue weighted by atomic mass is 16.5. The van der Waals surface area contributed by atoms with Crippen molar-refractivity contribution in [3.8, 4) is 5.75 Å². The van der Waals surface area contributed by atoms with E-state index in [2.05, 4.69) is 90.3 Å². The Morgan fingerprint density at radius 2 is 1.64 bits per heavy atom. The van der Waals surface area contributed by atoms with Crippen molar-refractivity contribution < 1.29 is 4.74 Å². The van der Waals surface area contributed by atoms with E-state index >= 15 is 0 Å². The number of hydrogen-bond donors (Lipinski definition) is 2. The van der Waals surface area contributed by atoms with Gasteiger partial charge in [-0.05, 0) is 61.2 Å². The van der Waals surface area contributed by atoms with Crippen molar-refractivity contribution in [1.29, 1.82) is 0 Å². The Labute approximate surface area is 196 Å². The molecule has 4 nitrogen and oxygen atoms in total. The molecule has 0 aliphatic rings. The summed E-state index contributed by atoms with van der Waals surface area (Å²) in [5.41, 5.74) is 15.3. The van der Waals surface area contributed by atoms with E-state index in [0.29, 0.717) is 13.2 Å². The van der Waals surface area contributed by atoms with Crippen LogP contribution in [-0.2, 0) is 13.2 Å². The quantitative estimate of drug-likeness (QED) is 0.317. The zero-order chi connectivity index (χ0) is 23.0.